The summed E-state index contributed by atoms with van der Waals surface area (Å²) in [6.07, 6.45) is 2.05. The molecule has 27 heavy (non-hydrogen) atoms. The Morgan fingerprint density at radius 2 is 1.89 bits per heavy atom. The van der Waals surface area contributed by atoms with Crippen molar-refractivity contribution in [2.45, 2.75) is 13.3 Å². The van der Waals surface area contributed by atoms with Crippen LogP contribution in [-0.2, 0) is 11.2 Å². The highest BCUT2D eigenvalue weighted by Gasteiger charge is 2.09. The van der Waals surface area contributed by atoms with Gasteiger partial charge in [0.1, 0.15) is 23.1 Å². The smallest absolute Gasteiger partial charge is 0.263 e. The number of carbonyl (C=O) groups is 1. The minimum atomic E-state index is -0.426. The van der Waals surface area contributed by atoms with E-state index in [2.05, 4.69) is 10.6 Å². The number of aryl methyl sites for hydroxylation is 1. The lowest BCUT2D eigenvalue weighted by Gasteiger charge is -2.10. The second kappa shape index (κ2) is 9.88. The molecule has 0 atom stereocenters. The number of methoxy groups -OCH3 is 2. The molecule has 0 fully saturated rings. The van der Waals surface area contributed by atoms with Crippen molar-refractivity contribution in [1.82, 2.24) is 5.32 Å². The number of hydrogen-bond acceptors (Lipinski definition) is 5. The maximum Gasteiger partial charge on any atom is 0.263 e. The largest absolute Gasteiger partial charge is 0.497 e. The number of anilines is 1. The van der Waals surface area contributed by atoms with Crippen LogP contribution >= 0.6 is 0 Å². The molecule has 1 amide bonds. The third-order valence-electron chi connectivity index (χ3n) is 3.95. The number of nitrogens with one attached hydrogen (secondary N) is 2. The number of rotatable bonds is 8. The quantitative estimate of drug-likeness (QED) is 0.554. The Morgan fingerprint density at radius 3 is 2.52 bits per heavy atom. The minimum absolute atomic E-state index is 0.00621. The van der Waals surface area contributed by atoms with Gasteiger partial charge in [-0.2, -0.15) is 5.26 Å². The lowest BCUT2D eigenvalue weighted by Crippen LogP contribution is -2.27. The second-order valence-electron chi connectivity index (χ2n) is 5.87. The van der Waals surface area contributed by atoms with E-state index in [1.807, 2.05) is 55.5 Å². The van der Waals surface area contributed by atoms with Gasteiger partial charge in [-0.25, -0.2) is 0 Å². The van der Waals surface area contributed by atoms with Crippen LogP contribution in [0.3, 0.4) is 0 Å². The van der Waals surface area contributed by atoms with Crippen molar-refractivity contribution in [2.24, 2.45) is 0 Å². The number of benzene rings is 2. The summed E-state index contributed by atoms with van der Waals surface area (Å²) in [5, 5.41) is 15.0. The molecule has 0 aliphatic rings. The first kappa shape index (κ1) is 19.9. The zero-order valence-electron chi connectivity index (χ0n) is 15.7. The molecule has 0 bridgehead atoms. The van der Waals surface area contributed by atoms with Gasteiger partial charge in [0.25, 0.3) is 5.91 Å². The highest BCUT2D eigenvalue weighted by atomic mass is 16.5. The van der Waals surface area contributed by atoms with E-state index in [1.54, 1.807) is 14.2 Å². The number of ether oxygens (including phenoxy) is 2. The predicted molar refractivity (Wildman–Crippen MR) is 105 cm³/mol. The van der Waals surface area contributed by atoms with Crippen LogP contribution in [0.2, 0.25) is 0 Å². The molecule has 0 saturated heterocycles. The molecule has 2 N–H and O–H groups in total. The topological polar surface area (TPSA) is 83.4 Å². The van der Waals surface area contributed by atoms with Gasteiger partial charge in [0, 0.05) is 12.7 Å². The van der Waals surface area contributed by atoms with E-state index in [0.29, 0.717) is 24.4 Å². The van der Waals surface area contributed by atoms with Gasteiger partial charge < -0.3 is 20.1 Å². The number of amides is 1. The summed E-state index contributed by atoms with van der Waals surface area (Å²) in [5.41, 5.74) is 2.79. The summed E-state index contributed by atoms with van der Waals surface area (Å²) in [6, 6.07) is 15.2. The molecule has 6 heteroatoms. The Kier molecular flexibility index (Phi) is 7.26. The van der Waals surface area contributed by atoms with E-state index in [1.165, 1.54) is 6.20 Å². The Balaban J connectivity index is 1.94. The maximum absolute atomic E-state index is 12.2. The number of nitrogens with zero attached hydrogens (tertiary/aromatic N) is 1. The van der Waals surface area contributed by atoms with Gasteiger partial charge >= 0.3 is 0 Å². The lowest BCUT2D eigenvalue weighted by molar-refractivity contribution is -0.117. The van der Waals surface area contributed by atoms with E-state index in [9.17, 15) is 10.1 Å². The highest BCUT2D eigenvalue weighted by molar-refractivity contribution is 5.97. The van der Waals surface area contributed by atoms with Crippen molar-refractivity contribution in [2.75, 3.05) is 26.1 Å². The van der Waals surface area contributed by atoms with Crippen molar-refractivity contribution in [3.8, 4) is 17.6 Å². The van der Waals surface area contributed by atoms with E-state index >= 15 is 0 Å². The molecule has 2 aromatic carbocycles. The zero-order valence-corrected chi connectivity index (χ0v) is 15.7. The van der Waals surface area contributed by atoms with Gasteiger partial charge in [-0.15, -0.1) is 0 Å². The van der Waals surface area contributed by atoms with Crippen LogP contribution in [-0.4, -0.2) is 26.7 Å². The molecule has 0 saturated carbocycles. The van der Waals surface area contributed by atoms with Gasteiger partial charge in [-0.1, -0.05) is 18.2 Å². The first-order valence-electron chi connectivity index (χ1n) is 8.50. The summed E-state index contributed by atoms with van der Waals surface area (Å²) < 4.78 is 10.4. The standard InChI is InChI=1S/C21H23N3O3/c1-15-4-9-20(27-3)19(12-15)24-14-17(13-22)21(25)23-11-10-16-5-7-18(26-2)8-6-16/h4-9,12,14,24H,10-11H2,1-3H3,(H,23,25)/b17-14-. The van der Waals surface area contributed by atoms with Crippen LogP contribution in [0.5, 0.6) is 11.5 Å². The number of carbonyl (C=O) groups excluding carboxylic acids is 1. The summed E-state index contributed by atoms with van der Waals surface area (Å²) in [5.74, 6) is 0.995. The van der Waals surface area contributed by atoms with E-state index in [0.717, 1.165) is 16.9 Å². The molecule has 140 valence electrons. The highest BCUT2D eigenvalue weighted by Crippen LogP contribution is 2.25. The molecule has 0 radical (unpaired) electrons. The minimum Gasteiger partial charge on any atom is -0.497 e. The van der Waals surface area contributed by atoms with Crippen LogP contribution < -0.4 is 20.1 Å². The predicted octanol–water partition coefficient (Wildman–Crippen LogP) is 3.19. The molecule has 0 aliphatic carbocycles. The average molecular weight is 365 g/mol. The fourth-order valence-electron chi connectivity index (χ4n) is 2.44. The summed E-state index contributed by atoms with van der Waals surface area (Å²) >= 11 is 0. The fraction of sp³-hybridized carbons (Fsp3) is 0.238. The van der Waals surface area contributed by atoms with Gasteiger partial charge in [0.15, 0.2) is 0 Å². The van der Waals surface area contributed by atoms with Crippen molar-refractivity contribution in [1.29, 1.82) is 5.26 Å². The zero-order chi connectivity index (χ0) is 19.6. The third kappa shape index (κ3) is 5.79. The molecule has 0 aromatic heterocycles. The van der Waals surface area contributed by atoms with Crippen LogP contribution in [0.1, 0.15) is 11.1 Å². The fourth-order valence-corrected chi connectivity index (χ4v) is 2.44. The number of nitriles is 1. The Labute approximate surface area is 159 Å². The summed E-state index contributed by atoms with van der Waals surface area (Å²) in [6.45, 7) is 2.38. The molecular weight excluding hydrogens is 342 g/mol. The van der Waals surface area contributed by atoms with Crippen LogP contribution in [0.15, 0.2) is 54.2 Å². The molecule has 6 nitrogen and oxygen atoms in total. The number of hydrogen-bond donors (Lipinski definition) is 2. The SMILES string of the molecule is COc1ccc(CCNC(=O)/C(C#N)=C\Nc2cc(C)ccc2OC)cc1. The van der Waals surface area contributed by atoms with E-state index < -0.39 is 5.91 Å². The van der Waals surface area contributed by atoms with Crippen LogP contribution in [0.4, 0.5) is 5.69 Å². The molecule has 2 rings (SSSR count). The van der Waals surface area contributed by atoms with Crippen LogP contribution in [0, 0.1) is 18.3 Å². The normalized spacial score (nSPS) is 10.7. The van der Waals surface area contributed by atoms with Crippen molar-refractivity contribution < 1.29 is 14.3 Å². The van der Waals surface area contributed by atoms with E-state index in [-0.39, 0.29) is 5.57 Å². The van der Waals surface area contributed by atoms with Gasteiger partial charge in [-0.3, -0.25) is 4.79 Å². The van der Waals surface area contributed by atoms with Crippen LogP contribution in [0.25, 0.3) is 0 Å². The van der Waals surface area contributed by atoms with Crippen molar-refractivity contribution in [3.05, 3.63) is 65.4 Å². The second-order valence-corrected chi connectivity index (χ2v) is 5.87. The summed E-state index contributed by atoms with van der Waals surface area (Å²) in [4.78, 5) is 12.2. The monoisotopic (exact) mass is 365 g/mol. The molecular formula is C21H23N3O3. The Morgan fingerprint density at radius 1 is 1.15 bits per heavy atom. The molecule has 2 aromatic rings. The third-order valence-corrected chi connectivity index (χ3v) is 3.95. The average Bonchev–Trinajstić information content (AvgIpc) is 2.69. The summed E-state index contributed by atoms with van der Waals surface area (Å²) in [7, 11) is 3.18. The first-order chi connectivity index (χ1) is 13.1. The van der Waals surface area contributed by atoms with Crippen molar-refractivity contribution in [3.63, 3.8) is 0 Å². The molecule has 0 aliphatic heterocycles. The van der Waals surface area contributed by atoms with Crippen molar-refractivity contribution >= 4 is 11.6 Å². The van der Waals surface area contributed by atoms with Gasteiger partial charge in [-0.05, 0) is 48.7 Å². The molecule has 0 heterocycles. The van der Waals surface area contributed by atoms with Gasteiger partial charge in [0.2, 0.25) is 0 Å². The maximum atomic E-state index is 12.2. The molecule has 0 unspecified atom stereocenters. The Bertz CT molecular complexity index is 852. The first-order valence-corrected chi connectivity index (χ1v) is 8.50. The lowest BCUT2D eigenvalue weighted by atomic mass is 10.1. The molecule has 0 spiro atoms. The Hall–Kier alpha value is -3.46. The van der Waals surface area contributed by atoms with Gasteiger partial charge in [0.05, 0.1) is 19.9 Å². The van der Waals surface area contributed by atoms with E-state index in [4.69, 9.17) is 9.47 Å².